The number of imide groups is 1. The van der Waals surface area contributed by atoms with Crippen LogP contribution in [0.1, 0.15) is 20.3 Å². The van der Waals surface area contributed by atoms with Crippen LogP contribution in [0.5, 0.6) is 0 Å². The van der Waals surface area contributed by atoms with Gasteiger partial charge in [0.25, 0.3) is 0 Å². The first-order valence-corrected chi connectivity index (χ1v) is 4.12. The van der Waals surface area contributed by atoms with E-state index >= 15 is 0 Å². The highest BCUT2D eigenvalue weighted by atomic mass is 32.1. The van der Waals surface area contributed by atoms with Gasteiger partial charge in [0.1, 0.15) is 0 Å². The van der Waals surface area contributed by atoms with Gasteiger partial charge in [-0.25, -0.2) is 0 Å². The molecule has 2 amide bonds. The van der Waals surface area contributed by atoms with E-state index < -0.39 is 0 Å². The van der Waals surface area contributed by atoms with Crippen LogP contribution in [0.15, 0.2) is 0 Å². The fraction of sp³-hybridized carbons (Fsp3) is 0.714. The summed E-state index contributed by atoms with van der Waals surface area (Å²) in [5.74, 6) is -0.215. The van der Waals surface area contributed by atoms with Crippen molar-refractivity contribution in [2.45, 2.75) is 25.5 Å². The zero-order valence-corrected chi connectivity index (χ0v) is 7.67. The lowest BCUT2D eigenvalue weighted by Gasteiger charge is -2.15. The monoisotopic (exact) mass is 175 g/mol. The third-order valence-corrected chi connectivity index (χ3v) is 2.01. The molecule has 0 aliphatic rings. The minimum absolute atomic E-state index is 0.215. The van der Waals surface area contributed by atoms with Gasteiger partial charge < -0.3 is 0 Å². The van der Waals surface area contributed by atoms with E-state index in [1.807, 2.05) is 6.92 Å². The van der Waals surface area contributed by atoms with Crippen LogP contribution in [0, 0.1) is 0 Å². The predicted molar refractivity (Wildman–Crippen MR) is 46.5 cm³/mol. The van der Waals surface area contributed by atoms with Crippen LogP contribution in [0.2, 0.25) is 0 Å². The fourth-order valence-corrected chi connectivity index (χ4v) is 0.797. The van der Waals surface area contributed by atoms with Gasteiger partial charge in [0.15, 0.2) is 0 Å². The first-order chi connectivity index (χ1) is 5.17. The molecule has 0 saturated heterocycles. The lowest BCUT2D eigenvalue weighted by atomic mass is 10.3. The number of amides is 2. The maximum atomic E-state index is 11.2. The van der Waals surface area contributed by atoms with Crippen LogP contribution in [0.25, 0.3) is 0 Å². The van der Waals surface area contributed by atoms with E-state index in [2.05, 4.69) is 12.6 Å². The Morgan fingerprint density at radius 2 is 2.18 bits per heavy atom. The van der Waals surface area contributed by atoms with E-state index in [0.29, 0.717) is 19.4 Å². The molecule has 0 spiro atoms. The van der Waals surface area contributed by atoms with Crippen LogP contribution in [0.4, 0.5) is 0 Å². The summed E-state index contributed by atoms with van der Waals surface area (Å²) in [6, 6.07) is 0. The van der Waals surface area contributed by atoms with E-state index in [0.717, 1.165) is 4.90 Å². The summed E-state index contributed by atoms with van der Waals surface area (Å²) in [6.07, 6.45) is 1.19. The summed E-state index contributed by atoms with van der Waals surface area (Å²) >= 11 is 4.02. The van der Waals surface area contributed by atoms with Gasteiger partial charge in [-0.05, 0) is 13.3 Å². The highest BCUT2D eigenvalue weighted by Gasteiger charge is 2.17. The molecule has 11 heavy (non-hydrogen) atoms. The summed E-state index contributed by atoms with van der Waals surface area (Å²) in [5, 5.41) is -0.347. The Bertz CT molecular complexity index is 149. The number of hydrogen-bond donors (Lipinski definition) is 1. The standard InChI is InChI=1S/C7H13NO2S/c1-3-6(11)7(10)8(4-2)5-9/h5-6,11H,3-4H2,1-2H3. The van der Waals surface area contributed by atoms with Gasteiger partial charge in [0.2, 0.25) is 12.3 Å². The molecular weight excluding hydrogens is 162 g/mol. The van der Waals surface area contributed by atoms with E-state index in [9.17, 15) is 9.59 Å². The first-order valence-electron chi connectivity index (χ1n) is 3.61. The second-order valence-electron chi connectivity index (χ2n) is 2.15. The van der Waals surface area contributed by atoms with Crippen LogP contribution < -0.4 is 0 Å². The number of rotatable bonds is 4. The second-order valence-corrected chi connectivity index (χ2v) is 2.78. The quantitative estimate of drug-likeness (QED) is 0.504. The Balaban J connectivity index is 4.08. The van der Waals surface area contributed by atoms with Crippen LogP contribution in [-0.4, -0.2) is 29.0 Å². The van der Waals surface area contributed by atoms with Crippen molar-refractivity contribution in [1.82, 2.24) is 4.90 Å². The normalized spacial score (nSPS) is 12.3. The van der Waals surface area contributed by atoms with Gasteiger partial charge in [-0.1, -0.05) is 6.92 Å². The summed E-state index contributed by atoms with van der Waals surface area (Å²) in [6.45, 7) is 4.02. The van der Waals surface area contributed by atoms with Crippen molar-refractivity contribution in [3.63, 3.8) is 0 Å². The molecule has 0 N–H and O–H groups in total. The van der Waals surface area contributed by atoms with Crippen LogP contribution in [0.3, 0.4) is 0 Å². The summed E-state index contributed by atoms with van der Waals surface area (Å²) in [4.78, 5) is 22.5. The Labute approximate surface area is 72.2 Å². The minimum Gasteiger partial charge on any atom is -0.285 e. The molecule has 64 valence electrons. The maximum Gasteiger partial charge on any atom is 0.241 e. The first kappa shape index (κ1) is 10.5. The highest BCUT2D eigenvalue weighted by molar-refractivity contribution is 7.81. The number of hydrogen-bond acceptors (Lipinski definition) is 3. The maximum absolute atomic E-state index is 11.2. The molecule has 1 unspecified atom stereocenters. The Kier molecular flexibility index (Phi) is 4.94. The molecule has 0 bridgehead atoms. The smallest absolute Gasteiger partial charge is 0.241 e. The molecule has 0 aromatic rings. The third kappa shape index (κ3) is 2.93. The van der Waals surface area contributed by atoms with Crippen molar-refractivity contribution >= 4 is 24.9 Å². The van der Waals surface area contributed by atoms with Gasteiger partial charge in [0, 0.05) is 6.54 Å². The average molecular weight is 175 g/mol. The van der Waals surface area contributed by atoms with Gasteiger partial charge in [0.05, 0.1) is 5.25 Å². The van der Waals surface area contributed by atoms with Crippen molar-refractivity contribution < 1.29 is 9.59 Å². The molecule has 4 heteroatoms. The number of nitrogens with zero attached hydrogens (tertiary/aromatic N) is 1. The number of carbonyl (C=O) groups excluding carboxylic acids is 2. The Morgan fingerprint density at radius 3 is 2.45 bits per heavy atom. The Morgan fingerprint density at radius 1 is 1.64 bits per heavy atom. The molecule has 0 aliphatic carbocycles. The number of carbonyl (C=O) groups is 2. The fourth-order valence-electron chi connectivity index (χ4n) is 0.648. The molecule has 0 radical (unpaired) electrons. The average Bonchev–Trinajstić information content (AvgIpc) is 2.05. The van der Waals surface area contributed by atoms with Crippen molar-refractivity contribution in [1.29, 1.82) is 0 Å². The van der Waals surface area contributed by atoms with Crippen molar-refractivity contribution in [3.05, 3.63) is 0 Å². The molecule has 3 nitrogen and oxygen atoms in total. The van der Waals surface area contributed by atoms with Crippen LogP contribution in [-0.2, 0) is 9.59 Å². The minimum atomic E-state index is -0.347. The molecule has 0 aliphatic heterocycles. The third-order valence-electron chi connectivity index (χ3n) is 1.42. The van der Waals surface area contributed by atoms with Gasteiger partial charge >= 0.3 is 0 Å². The van der Waals surface area contributed by atoms with E-state index in [1.54, 1.807) is 6.92 Å². The van der Waals surface area contributed by atoms with Gasteiger partial charge in [-0.3, -0.25) is 14.5 Å². The lowest BCUT2D eigenvalue weighted by molar-refractivity contribution is -0.137. The largest absolute Gasteiger partial charge is 0.285 e. The molecule has 0 aromatic carbocycles. The predicted octanol–water partition coefficient (Wildman–Crippen LogP) is 0.700. The molecule has 0 saturated carbocycles. The lowest BCUT2D eigenvalue weighted by Crippen LogP contribution is -2.35. The summed E-state index contributed by atoms with van der Waals surface area (Å²) < 4.78 is 0. The van der Waals surface area contributed by atoms with Gasteiger partial charge in [-0.15, -0.1) is 0 Å². The molecule has 1 atom stereocenters. The molecular formula is C7H13NO2S. The van der Waals surface area contributed by atoms with E-state index in [1.165, 1.54) is 0 Å². The molecule has 0 fully saturated rings. The number of thiol groups is 1. The van der Waals surface area contributed by atoms with Crippen LogP contribution >= 0.6 is 12.6 Å². The second kappa shape index (κ2) is 5.18. The van der Waals surface area contributed by atoms with E-state index in [-0.39, 0.29) is 11.2 Å². The van der Waals surface area contributed by atoms with E-state index in [4.69, 9.17) is 0 Å². The highest BCUT2D eigenvalue weighted by Crippen LogP contribution is 2.03. The van der Waals surface area contributed by atoms with Gasteiger partial charge in [-0.2, -0.15) is 12.6 Å². The SMILES string of the molecule is CCC(S)C(=O)N(C=O)CC. The van der Waals surface area contributed by atoms with Crippen molar-refractivity contribution in [2.24, 2.45) is 0 Å². The van der Waals surface area contributed by atoms with Crippen molar-refractivity contribution in [2.75, 3.05) is 6.54 Å². The zero-order chi connectivity index (χ0) is 8.85. The zero-order valence-electron chi connectivity index (χ0n) is 6.78. The Hall–Kier alpha value is -0.510. The molecule has 0 aromatic heterocycles. The molecule has 0 rings (SSSR count). The molecule has 0 heterocycles. The summed E-state index contributed by atoms with van der Waals surface area (Å²) in [7, 11) is 0. The topological polar surface area (TPSA) is 37.4 Å². The van der Waals surface area contributed by atoms with Crippen molar-refractivity contribution in [3.8, 4) is 0 Å². The summed E-state index contributed by atoms with van der Waals surface area (Å²) in [5.41, 5.74) is 0.